The number of nitrogens with one attached hydrogen (secondary N) is 2. The second kappa shape index (κ2) is 7.70. The molecule has 6 nitrogen and oxygen atoms in total. The zero-order valence-electron chi connectivity index (χ0n) is 15.2. The number of hydrogen-bond donors (Lipinski definition) is 2. The van der Waals surface area contributed by atoms with Crippen LogP contribution in [0.4, 0.5) is 5.82 Å². The lowest BCUT2D eigenvalue weighted by Crippen LogP contribution is -2.24. The Bertz CT molecular complexity index is 724. The molecule has 25 heavy (non-hydrogen) atoms. The number of carbonyl (C=O) groups is 1. The molecular formula is C19H27N5O. The van der Waals surface area contributed by atoms with E-state index in [4.69, 9.17) is 0 Å². The second-order valence-corrected chi connectivity index (χ2v) is 7.09. The van der Waals surface area contributed by atoms with Gasteiger partial charge in [0, 0.05) is 45.6 Å². The van der Waals surface area contributed by atoms with Crippen molar-refractivity contribution >= 4 is 11.7 Å². The minimum Gasteiger partial charge on any atom is -0.370 e. The van der Waals surface area contributed by atoms with Gasteiger partial charge >= 0.3 is 0 Å². The van der Waals surface area contributed by atoms with Crippen molar-refractivity contribution in [3.8, 4) is 0 Å². The Labute approximate surface area is 149 Å². The maximum atomic E-state index is 12.0. The number of likely N-dealkylation sites (tertiary alicyclic amines) is 1. The summed E-state index contributed by atoms with van der Waals surface area (Å²) in [5.41, 5.74) is 2.97. The first kappa shape index (κ1) is 17.5. The van der Waals surface area contributed by atoms with E-state index in [1.807, 2.05) is 24.4 Å². The fraction of sp³-hybridized carbons (Fsp3) is 0.474. The SMILES string of the molecule is Cc1ccnc(NCC2CCN(Cc3ccc(C(=O)N(C)C)[nH]3)C2)c1. The van der Waals surface area contributed by atoms with Crippen molar-refractivity contribution in [3.05, 3.63) is 47.4 Å². The minimum absolute atomic E-state index is 0.0143. The highest BCUT2D eigenvalue weighted by Crippen LogP contribution is 2.19. The summed E-state index contributed by atoms with van der Waals surface area (Å²) < 4.78 is 0. The van der Waals surface area contributed by atoms with E-state index in [0.29, 0.717) is 11.6 Å². The Morgan fingerprint density at radius 2 is 2.24 bits per heavy atom. The van der Waals surface area contributed by atoms with Crippen LogP contribution in [-0.2, 0) is 6.54 Å². The van der Waals surface area contributed by atoms with Gasteiger partial charge in [-0.15, -0.1) is 0 Å². The van der Waals surface area contributed by atoms with Crippen LogP contribution in [0.3, 0.4) is 0 Å². The van der Waals surface area contributed by atoms with E-state index in [2.05, 4.69) is 33.2 Å². The smallest absolute Gasteiger partial charge is 0.269 e. The molecular weight excluding hydrogens is 314 g/mol. The molecule has 1 aliphatic rings. The Balaban J connectivity index is 1.47. The van der Waals surface area contributed by atoms with Crippen LogP contribution in [0.2, 0.25) is 0 Å². The molecule has 1 aliphatic heterocycles. The van der Waals surface area contributed by atoms with Gasteiger partial charge in [-0.05, 0) is 55.6 Å². The molecule has 1 amide bonds. The average molecular weight is 341 g/mol. The Kier molecular flexibility index (Phi) is 5.38. The predicted octanol–water partition coefficient (Wildman–Crippen LogP) is 2.35. The van der Waals surface area contributed by atoms with Crippen LogP contribution in [0.25, 0.3) is 0 Å². The number of pyridine rings is 1. The molecule has 3 rings (SSSR count). The number of hydrogen-bond acceptors (Lipinski definition) is 4. The van der Waals surface area contributed by atoms with Crippen LogP contribution >= 0.6 is 0 Å². The van der Waals surface area contributed by atoms with Gasteiger partial charge in [-0.3, -0.25) is 9.69 Å². The van der Waals surface area contributed by atoms with E-state index in [-0.39, 0.29) is 5.91 Å². The molecule has 0 aliphatic carbocycles. The number of nitrogens with zero attached hydrogens (tertiary/aromatic N) is 3. The predicted molar refractivity (Wildman–Crippen MR) is 99.7 cm³/mol. The first-order valence-corrected chi connectivity index (χ1v) is 8.79. The molecule has 1 unspecified atom stereocenters. The van der Waals surface area contributed by atoms with Crippen LogP contribution in [0.1, 0.15) is 28.2 Å². The zero-order valence-corrected chi connectivity index (χ0v) is 15.2. The quantitative estimate of drug-likeness (QED) is 0.847. The van der Waals surface area contributed by atoms with E-state index in [9.17, 15) is 4.79 Å². The number of aromatic amines is 1. The fourth-order valence-electron chi connectivity index (χ4n) is 3.24. The number of carbonyl (C=O) groups excluding carboxylic acids is 1. The van der Waals surface area contributed by atoms with Gasteiger partial charge < -0.3 is 15.2 Å². The molecule has 1 fully saturated rings. The van der Waals surface area contributed by atoms with E-state index in [1.54, 1.807) is 19.0 Å². The molecule has 2 N–H and O–H groups in total. The molecule has 0 bridgehead atoms. The van der Waals surface area contributed by atoms with Crippen LogP contribution in [0.15, 0.2) is 30.5 Å². The standard InChI is InChI=1S/C19H27N5O/c1-14-6-8-20-18(10-14)21-11-15-7-9-24(12-15)13-16-4-5-17(22-16)19(25)23(2)3/h4-6,8,10,15,22H,7,9,11-13H2,1-3H3,(H,20,21). The lowest BCUT2D eigenvalue weighted by molar-refractivity contribution is 0.0822. The van der Waals surface area contributed by atoms with Gasteiger partial charge in [0.2, 0.25) is 0 Å². The summed E-state index contributed by atoms with van der Waals surface area (Å²) >= 11 is 0. The molecule has 0 aromatic carbocycles. The monoisotopic (exact) mass is 341 g/mol. The third-order valence-electron chi connectivity index (χ3n) is 4.63. The van der Waals surface area contributed by atoms with Crippen molar-refractivity contribution in [1.29, 1.82) is 0 Å². The summed E-state index contributed by atoms with van der Waals surface area (Å²) in [4.78, 5) is 23.6. The molecule has 2 aromatic heterocycles. The highest BCUT2D eigenvalue weighted by atomic mass is 16.2. The van der Waals surface area contributed by atoms with Crippen molar-refractivity contribution < 1.29 is 4.79 Å². The van der Waals surface area contributed by atoms with E-state index >= 15 is 0 Å². The van der Waals surface area contributed by atoms with Crippen molar-refractivity contribution in [2.75, 3.05) is 39.0 Å². The van der Waals surface area contributed by atoms with Gasteiger partial charge in [-0.25, -0.2) is 4.98 Å². The van der Waals surface area contributed by atoms with Gasteiger partial charge in [0.25, 0.3) is 5.91 Å². The van der Waals surface area contributed by atoms with E-state index in [1.165, 1.54) is 12.0 Å². The number of aryl methyl sites for hydroxylation is 1. The minimum atomic E-state index is 0.0143. The summed E-state index contributed by atoms with van der Waals surface area (Å²) in [6, 6.07) is 7.97. The van der Waals surface area contributed by atoms with Crippen LogP contribution in [-0.4, -0.2) is 59.4 Å². The molecule has 1 atom stereocenters. The molecule has 1 saturated heterocycles. The normalized spacial score (nSPS) is 17.6. The Morgan fingerprint density at radius 1 is 1.40 bits per heavy atom. The third-order valence-corrected chi connectivity index (χ3v) is 4.63. The number of aromatic nitrogens is 2. The number of rotatable bonds is 6. The lowest BCUT2D eigenvalue weighted by Gasteiger charge is -2.16. The third kappa shape index (κ3) is 4.60. The van der Waals surface area contributed by atoms with E-state index < -0.39 is 0 Å². The Hall–Kier alpha value is -2.34. The number of H-pyrrole nitrogens is 1. The second-order valence-electron chi connectivity index (χ2n) is 7.09. The molecule has 0 radical (unpaired) electrons. The molecule has 2 aromatic rings. The molecule has 0 spiro atoms. The van der Waals surface area contributed by atoms with Gasteiger partial charge in [0.1, 0.15) is 11.5 Å². The van der Waals surface area contributed by atoms with Crippen LogP contribution in [0.5, 0.6) is 0 Å². The topological polar surface area (TPSA) is 64.3 Å². The van der Waals surface area contributed by atoms with Crippen molar-refractivity contribution in [1.82, 2.24) is 19.8 Å². The Morgan fingerprint density at radius 3 is 3.00 bits per heavy atom. The van der Waals surface area contributed by atoms with Crippen LogP contribution in [0, 0.1) is 12.8 Å². The molecule has 134 valence electrons. The highest BCUT2D eigenvalue weighted by molar-refractivity contribution is 5.92. The largest absolute Gasteiger partial charge is 0.370 e. The first-order chi connectivity index (χ1) is 12.0. The molecule has 6 heteroatoms. The average Bonchev–Trinajstić information content (AvgIpc) is 3.22. The first-order valence-electron chi connectivity index (χ1n) is 8.79. The maximum absolute atomic E-state index is 12.0. The van der Waals surface area contributed by atoms with Gasteiger partial charge in [0.15, 0.2) is 0 Å². The van der Waals surface area contributed by atoms with Gasteiger partial charge in [-0.2, -0.15) is 0 Å². The summed E-state index contributed by atoms with van der Waals surface area (Å²) in [5, 5.41) is 3.45. The summed E-state index contributed by atoms with van der Waals surface area (Å²) in [5.74, 6) is 1.59. The molecule has 0 saturated carbocycles. The zero-order chi connectivity index (χ0) is 17.8. The number of anilines is 1. The summed E-state index contributed by atoms with van der Waals surface area (Å²) in [6.07, 6.45) is 3.03. The van der Waals surface area contributed by atoms with Crippen molar-refractivity contribution in [3.63, 3.8) is 0 Å². The van der Waals surface area contributed by atoms with Gasteiger partial charge in [-0.1, -0.05) is 0 Å². The van der Waals surface area contributed by atoms with Crippen molar-refractivity contribution in [2.45, 2.75) is 19.9 Å². The van der Waals surface area contributed by atoms with Crippen molar-refractivity contribution in [2.24, 2.45) is 5.92 Å². The maximum Gasteiger partial charge on any atom is 0.269 e. The molecule has 3 heterocycles. The van der Waals surface area contributed by atoms with E-state index in [0.717, 1.165) is 37.7 Å². The van der Waals surface area contributed by atoms with Gasteiger partial charge in [0.05, 0.1) is 0 Å². The fourth-order valence-corrected chi connectivity index (χ4v) is 3.24. The van der Waals surface area contributed by atoms with Crippen LogP contribution < -0.4 is 5.32 Å². The summed E-state index contributed by atoms with van der Waals surface area (Å²) in [6.45, 7) is 6.04. The number of amides is 1. The highest BCUT2D eigenvalue weighted by Gasteiger charge is 2.23. The summed E-state index contributed by atoms with van der Waals surface area (Å²) in [7, 11) is 3.54. The lowest BCUT2D eigenvalue weighted by atomic mass is 10.1.